The Hall–Kier alpha value is -1.91. The molecule has 3 atom stereocenters. The van der Waals surface area contributed by atoms with Gasteiger partial charge in [-0.25, -0.2) is 4.39 Å². The highest BCUT2D eigenvalue weighted by Gasteiger charge is 2.47. The normalized spacial score (nSPS) is 21.0. The molecule has 5 heteroatoms. The number of carbonyl (C=O) groups is 2. The molecule has 2 rings (SSSR count). The molecule has 1 aliphatic carbocycles. The summed E-state index contributed by atoms with van der Waals surface area (Å²) in [5.74, 6) is -0.725. The van der Waals surface area contributed by atoms with Crippen LogP contribution < -0.4 is 10.6 Å². The fraction of sp³-hybridized carbons (Fsp3) is 0.529. The molecule has 0 spiro atoms. The van der Waals surface area contributed by atoms with Crippen LogP contribution >= 0.6 is 0 Å². The van der Waals surface area contributed by atoms with Gasteiger partial charge in [0.2, 0.25) is 11.8 Å². The Morgan fingerprint density at radius 3 is 2.50 bits per heavy atom. The summed E-state index contributed by atoms with van der Waals surface area (Å²) in [6, 6.07) is 6.39. The maximum Gasteiger partial charge on any atom is 0.224 e. The molecule has 0 radical (unpaired) electrons. The van der Waals surface area contributed by atoms with Gasteiger partial charge in [0.25, 0.3) is 0 Å². The van der Waals surface area contributed by atoms with Gasteiger partial charge < -0.3 is 10.6 Å². The van der Waals surface area contributed by atoms with E-state index in [-0.39, 0.29) is 35.5 Å². The lowest BCUT2D eigenvalue weighted by atomic mass is 10.1. The number of halogens is 1. The van der Waals surface area contributed by atoms with Crippen molar-refractivity contribution in [3.05, 3.63) is 35.6 Å². The van der Waals surface area contributed by atoms with Crippen LogP contribution in [0.15, 0.2) is 24.3 Å². The number of hydrogen-bond acceptors (Lipinski definition) is 2. The van der Waals surface area contributed by atoms with E-state index in [1.54, 1.807) is 12.1 Å². The van der Waals surface area contributed by atoms with Crippen LogP contribution in [0.1, 0.15) is 32.3 Å². The summed E-state index contributed by atoms with van der Waals surface area (Å²) in [6.45, 7) is 4.47. The van der Waals surface area contributed by atoms with Gasteiger partial charge in [-0.15, -0.1) is 0 Å². The van der Waals surface area contributed by atoms with E-state index < -0.39 is 0 Å². The highest BCUT2D eigenvalue weighted by Crippen LogP contribution is 2.38. The first-order chi connectivity index (χ1) is 10.5. The lowest BCUT2D eigenvalue weighted by Gasteiger charge is -2.11. The van der Waals surface area contributed by atoms with Crippen molar-refractivity contribution in [3.8, 4) is 0 Å². The first kappa shape index (κ1) is 16.5. The summed E-state index contributed by atoms with van der Waals surface area (Å²) in [4.78, 5) is 23.9. The van der Waals surface area contributed by atoms with Crippen molar-refractivity contribution in [3.63, 3.8) is 0 Å². The average molecular weight is 306 g/mol. The molecule has 1 aromatic rings. The Labute approximate surface area is 130 Å². The van der Waals surface area contributed by atoms with Crippen LogP contribution in [0.2, 0.25) is 0 Å². The molecule has 0 heterocycles. The zero-order valence-corrected chi connectivity index (χ0v) is 13.1. The van der Waals surface area contributed by atoms with Crippen molar-refractivity contribution in [1.29, 1.82) is 0 Å². The molecular weight excluding hydrogens is 283 g/mol. The fourth-order valence-electron chi connectivity index (χ4n) is 2.34. The van der Waals surface area contributed by atoms with Gasteiger partial charge in [0.15, 0.2) is 0 Å². The van der Waals surface area contributed by atoms with E-state index in [0.717, 1.165) is 12.0 Å². The molecule has 120 valence electrons. The summed E-state index contributed by atoms with van der Waals surface area (Å²) in [7, 11) is 0. The third-order valence-corrected chi connectivity index (χ3v) is 4.09. The quantitative estimate of drug-likeness (QED) is 0.810. The molecule has 0 bridgehead atoms. The van der Waals surface area contributed by atoms with Gasteiger partial charge in [-0.3, -0.25) is 9.59 Å². The van der Waals surface area contributed by atoms with Crippen molar-refractivity contribution in [2.75, 3.05) is 6.54 Å². The lowest BCUT2D eigenvalue weighted by Crippen LogP contribution is -2.35. The van der Waals surface area contributed by atoms with Crippen molar-refractivity contribution in [1.82, 2.24) is 10.6 Å². The van der Waals surface area contributed by atoms with Crippen LogP contribution in [0.3, 0.4) is 0 Å². The molecule has 22 heavy (non-hydrogen) atoms. The minimum atomic E-state index is -0.263. The molecule has 1 aromatic carbocycles. The molecule has 1 fully saturated rings. The predicted octanol–water partition coefficient (Wildman–Crippen LogP) is 2.04. The number of nitrogens with one attached hydrogen (secondary N) is 2. The SMILES string of the molecule is CCC(C)NC(=O)C1CC1C(=O)NCCc1ccc(F)cc1. The zero-order valence-electron chi connectivity index (χ0n) is 13.1. The van der Waals surface area contributed by atoms with E-state index in [4.69, 9.17) is 0 Å². The second-order valence-electron chi connectivity index (χ2n) is 5.93. The predicted molar refractivity (Wildman–Crippen MR) is 82.6 cm³/mol. The van der Waals surface area contributed by atoms with E-state index in [0.29, 0.717) is 19.4 Å². The van der Waals surface area contributed by atoms with Crippen LogP contribution in [0, 0.1) is 17.7 Å². The van der Waals surface area contributed by atoms with Crippen LogP contribution in [0.4, 0.5) is 4.39 Å². The topological polar surface area (TPSA) is 58.2 Å². The summed E-state index contributed by atoms with van der Waals surface area (Å²) < 4.78 is 12.8. The maximum atomic E-state index is 12.8. The summed E-state index contributed by atoms with van der Waals surface area (Å²) in [6.07, 6.45) is 2.17. The van der Waals surface area contributed by atoms with Gasteiger partial charge in [-0.2, -0.15) is 0 Å². The highest BCUT2D eigenvalue weighted by atomic mass is 19.1. The van der Waals surface area contributed by atoms with Gasteiger partial charge in [-0.1, -0.05) is 19.1 Å². The third kappa shape index (κ3) is 4.55. The molecule has 2 N–H and O–H groups in total. The van der Waals surface area contributed by atoms with Crippen LogP contribution in [0.5, 0.6) is 0 Å². The molecule has 3 unspecified atom stereocenters. The first-order valence-corrected chi connectivity index (χ1v) is 7.83. The third-order valence-electron chi connectivity index (χ3n) is 4.09. The van der Waals surface area contributed by atoms with Gasteiger partial charge >= 0.3 is 0 Å². The second kappa shape index (κ2) is 7.38. The molecule has 1 aliphatic rings. The minimum Gasteiger partial charge on any atom is -0.356 e. The van der Waals surface area contributed by atoms with Crippen molar-refractivity contribution in [2.45, 2.75) is 39.2 Å². The Morgan fingerprint density at radius 2 is 1.86 bits per heavy atom. The number of benzene rings is 1. The summed E-state index contributed by atoms with van der Waals surface area (Å²) >= 11 is 0. The maximum absolute atomic E-state index is 12.8. The number of rotatable bonds is 7. The summed E-state index contributed by atoms with van der Waals surface area (Å²) in [5.41, 5.74) is 0.976. The molecule has 2 amide bonds. The van der Waals surface area contributed by atoms with E-state index in [1.165, 1.54) is 12.1 Å². The minimum absolute atomic E-state index is 0.0203. The lowest BCUT2D eigenvalue weighted by molar-refractivity contribution is -0.127. The average Bonchev–Trinajstić information content (AvgIpc) is 3.29. The van der Waals surface area contributed by atoms with Crippen molar-refractivity contribution >= 4 is 11.8 Å². The molecule has 0 aromatic heterocycles. The van der Waals surface area contributed by atoms with Gasteiger partial charge in [-0.05, 0) is 43.9 Å². The van der Waals surface area contributed by atoms with E-state index in [1.807, 2.05) is 13.8 Å². The Morgan fingerprint density at radius 1 is 1.23 bits per heavy atom. The fourth-order valence-corrected chi connectivity index (χ4v) is 2.34. The second-order valence-corrected chi connectivity index (χ2v) is 5.93. The Bertz CT molecular complexity index is 530. The Kier molecular flexibility index (Phi) is 5.52. The van der Waals surface area contributed by atoms with Gasteiger partial charge in [0.05, 0.1) is 11.8 Å². The smallest absolute Gasteiger partial charge is 0.224 e. The monoisotopic (exact) mass is 306 g/mol. The first-order valence-electron chi connectivity index (χ1n) is 7.83. The van der Waals surface area contributed by atoms with E-state index in [2.05, 4.69) is 10.6 Å². The number of hydrogen-bond donors (Lipinski definition) is 2. The number of carbonyl (C=O) groups excluding carboxylic acids is 2. The van der Waals surface area contributed by atoms with Crippen LogP contribution in [-0.2, 0) is 16.0 Å². The molecular formula is C17H23FN2O2. The zero-order chi connectivity index (χ0) is 16.1. The number of amides is 2. The molecule has 0 saturated heterocycles. The van der Waals surface area contributed by atoms with E-state index >= 15 is 0 Å². The van der Waals surface area contributed by atoms with E-state index in [9.17, 15) is 14.0 Å². The largest absolute Gasteiger partial charge is 0.356 e. The molecule has 4 nitrogen and oxygen atoms in total. The highest BCUT2D eigenvalue weighted by molar-refractivity contribution is 5.92. The molecule has 0 aliphatic heterocycles. The Balaban J connectivity index is 1.68. The standard InChI is InChI=1S/C17H23FN2O2/c1-3-11(2)20-17(22)15-10-14(15)16(21)19-9-8-12-4-6-13(18)7-5-12/h4-7,11,14-15H,3,8-10H2,1-2H3,(H,19,21)(H,20,22). The van der Waals surface area contributed by atoms with Crippen LogP contribution in [-0.4, -0.2) is 24.4 Å². The van der Waals surface area contributed by atoms with Crippen LogP contribution in [0.25, 0.3) is 0 Å². The molecule has 1 saturated carbocycles. The van der Waals surface area contributed by atoms with Crippen molar-refractivity contribution < 1.29 is 14.0 Å². The van der Waals surface area contributed by atoms with Gasteiger partial charge in [0.1, 0.15) is 5.82 Å². The summed E-state index contributed by atoms with van der Waals surface area (Å²) in [5, 5.41) is 5.76. The van der Waals surface area contributed by atoms with Crippen molar-refractivity contribution in [2.24, 2.45) is 11.8 Å². The van der Waals surface area contributed by atoms with Gasteiger partial charge in [0, 0.05) is 12.6 Å².